The van der Waals surface area contributed by atoms with Crippen molar-refractivity contribution < 1.29 is 9.53 Å². The maximum Gasteiger partial charge on any atom is 0.253 e. The van der Waals surface area contributed by atoms with Crippen LogP contribution in [0.2, 0.25) is 0 Å². The van der Waals surface area contributed by atoms with Crippen molar-refractivity contribution in [3.63, 3.8) is 0 Å². The first-order chi connectivity index (χ1) is 11.5. The van der Waals surface area contributed by atoms with E-state index in [1.54, 1.807) is 29.8 Å². The Morgan fingerprint density at radius 3 is 2.79 bits per heavy atom. The van der Waals surface area contributed by atoms with Gasteiger partial charge >= 0.3 is 0 Å². The number of hydrogen-bond acceptors (Lipinski definition) is 6. The summed E-state index contributed by atoms with van der Waals surface area (Å²) in [5.41, 5.74) is 3.66. The molecule has 0 spiro atoms. The van der Waals surface area contributed by atoms with Crippen LogP contribution in [-0.2, 0) is 0 Å². The molecule has 3 rings (SSSR count). The van der Waals surface area contributed by atoms with E-state index in [0.29, 0.717) is 22.2 Å². The molecule has 6 nitrogen and oxygen atoms in total. The molecule has 0 N–H and O–H groups in total. The van der Waals surface area contributed by atoms with Crippen molar-refractivity contribution in [1.82, 2.24) is 19.6 Å². The third-order valence-corrected chi connectivity index (χ3v) is 4.80. The molecule has 0 amide bonds. The summed E-state index contributed by atoms with van der Waals surface area (Å²) in [5, 5.41) is 4.99. The normalized spacial score (nSPS) is 11.0. The standard InChI is InChI=1S/C17H18N4O2S/c1-10-11(2)18-16-19-17(20-21(16)12(10)3)24-9-15(22)13-6-5-7-14(8-13)23-4/h5-8H,9H2,1-4H3. The fourth-order valence-corrected chi connectivity index (χ4v) is 3.02. The molecule has 0 aliphatic carbocycles. The average Bonchev–Trinajstić information content (AvgIpc) is 3.00. The first kappa shape index (κ1) is 16.4. The fourth-order valence-electron chi connectivity index (χ4n) is 2.31. The number of hydrogen-bond donors (Lipinski definition) is 0. The van der Waals surface area contributed by atoms with E-state index in [1.807, 2.05) is 26.8 Å². The molecule has 0 atom stereocenters. The number of thioether (sulfide) groups is 1. The fraction of sp³-hybridized carbons (Fsp3) is 0.294. The highest BCUT2D eigenvalue weighted by Gasteiger charge is 2.13. The molecule has 0 fully saturated rings. The molecule has 0 saturated heterocycles. The van der Waals surface area contributed by atoms with E-state index in [0.717, 1.165) is 17.0 Å². The van der Waals surface area contributed by atoms with E-state index in [2.05, 4.69) is 15.1 Å². The predicted octanol–water partition coefficient (Wildman–Crippen LogP) is 3.03. The number of ether oxygens (including phenoxy) is 1. The van der Waals surface area contributed by atoms with Crippen molar-refractivity contribution in [2.45, 2.75) is 25.9 Å². The third-order valence-electron chi connectivity index (χ3n) is 3.97. The van der Waals surface area contributed by atoms with Crippen LogP contribution in [0, 0.1) is 20.8 Å². The van der Waals surface area contributed by atoms with Crippen molar-refractivity contribution in [1.29, 1.82) is 0 Å². The van der Waals surface area contributed by atoms with Crippen molar-refractivity contribution in [2.24, 2.45) is 0 Å². The molecule has 0 unspecified atom stereocenters. The second-order valence-electron chi connectivity index (χ2n) is 5.46. The number of nitrogens with zero attached hydrogens (tertiary/aromatic N) is 4. The Morgan fingerprint density at radius 1 is 1.25 bits per heavy atom. The van der Waals surface area contributed by atoms with Gasteiger partial charge in [0, 0.05) is 17.0 Å². The molecule has 1 aromatic carbocycles. The molecule has 2 heterocycles. The number of benzene rings is 1. The number of aromatic nitrogens is 4. The average molecular weight is 342 g/mol. The van der Waals surface area contributed by atoms with Gasteiger partial charge in [-0.15, -0.1) is 5.10 Å². The Bertz CT molecular complexity index is 920. The maximum absolute atomic E-state index is 12.3. The lowest BCUT2D eigenvalue weighted by Gasteiger charge is -2.04. The molecule has 2 aromatic heterocycles. The first-order valence-corrected chi connectivity index (χ1v) is 8.49. The van der Waals surface area contributed by atoms with Crippen LogP contribution in [0.1, 0.15) is 27.3 Å². The zero-order valence-electron chi connectivity index (χ0n) is 14.0. The zero-order valence-corrected chi connectivity index (χ0v) is 14.8. The van der Waals surface area contributed by atoms with Gasteiger partial charge in [-0.1, -0.05) is 23.9 Å². The number of aryl methyl sites for hydroxylation is 2. The largest absolute Gasteiger partial charge is 0.497 e. The molecule has 124 valence electrons. The molecule has 7 heteroatoms. The maximum atomic E-state index is 12.3. The summed E-state index contributed by atoms with van der Waals surface area (Å²) in [4.78, 5) is 21.2. The molecule has 24 heavy (non-hydrogen) atoms. The van der Waals surface area contributed by atoms with Crippen LogP contribution in [0.5, 0.6) is 5.75 Å². The van der Waals surface area contributed by atoms with E-state index in [9.17, 15) is 4.79 Å². The van der Waals surface area contributed by atoms with Crippen molar-refractivity contribution >= 4 is 23.3 Å². The van der Waals surface area contributed by atoms with Gasteiger partial charge in [-0.3, -0.25) is 4.79 Å². The molecular weight excluding hydrogens is 324 g/mol. The van der Waals surface area contributed by atoms with Crippen LogP contribution in [0.4, 0.5) is 0 Å². The predicted molar refractivity (Wildman–Crippen MR) is 93.0 cm³/mol. The Kier molecular flexibility index (Phi) is 4.53. The highest BCUT2D eigenvalue weighted by Crippen LogP contribution is 2.20. The van der Waals surface area contributed by atoms with E-state index < -0.39 is 0 Å². The van der Waals surface area contributed by atoms with Gasteiger partial charge in [0.2, 0.25) is 5.16 Å². The number of methoxy groups -OCH3 is 1. The first-order valence-electron chi connectivity index (χ1n) is 7.50. The molecule has 0 bridgehead atoms. The minimum atomic E-state index is 0.00907. The Hall–Kier alpha value is -2.41. The minimum Gasteiger partial charge on any atom is -0.497 e. The van der Waals surface area contributed by atoms with E-state index in [-0.39, 0.29) is 11.5 Å². The minimum absolute atomic E-state index is 0.00907. The number of carbonyl (C=O) groups excluding carboxylic acids is 1. The molecule has 0 aliphatic rings. The van der Waals surface area contributed by atoms with Crippen LogP contribution in [0.25, 0.3) is 5.78 Å². The Morgan fingerprint density at radius 2 is 2.04 bits per heavy atom. The van der Waals surface area contributed by atoms with Gasteiger partial charge in [0.1, 0.15) is 5.75 Å². The van der Waals surface area contributed by atoms with Gasteiger partial charge in [0.15, 0.2) is 5.78 Å². The lowest BCUT2D eigenvalue weighted by Crippen LogP contribution is -2.03. The molecule has 0 saturated carbocycles. The van der Waals surface area contributed by atoms with Crippen LogP contribution in [0.3, 0.4) is 0 Å². The topological polar surface area (TPSA) is 69.4 Å². The van der Waals surface area contributed by atoms with Gasteiger partial charge in [-0.25, -0.2) is 9.50 Å². The number of rotatable bonds is 5. The zero-order chi connectivity index (χ0) is 17.3. The SMILES string of the molecule is COc1cccc(C(=O)CSc2nc3nc(C)c(C)c(C)n3n2)c1. The van der Waals surface area contributed by atoms with Gasteiger partial charge in [0.05, 0.1) is 12.9 Å². The second kappa shape index (κ2) is 6.60. The summed E-state index contributed by atoms with van der Waals surface area (Å²) < 4.78 is 6.87. The molecule has 3 aromatic rings. The summed E-state index contributed by atoms with van der Waals surface area (Å²) in [6, 6.07) is 7.13. The van der Waals surface area contributed by atoms with Crippen LogP contribution < -0.4 is 4.74 Å². The monoisotopic (exact) mass is 342 g/mol. The van der Waals surface area contributed by atoms with Crippen molar-refractivity contribution in [2.75, 3.05) is 12.9 Å². The summed E-state index contributed by atoms with van der Waals surface area (Å²) in [6.45, 7) is 5.95. The summed E-state index contributed by atoms with van der Waals surface area (Å²) >= 11 is 1.31. The van der Waals surface area contributed by atoms with Crippen LogP contribution >= 0.6 is 11.8 Å². The second-order valence-corrected chi connectivity index (χ2v) is 6.40. The summed E-state index contributed by atoms with van der Waals surface area (Å²) in [7, 11) is 1.58. The number of Topliss-reactive ketones (excluding diaryl/α,β-unsaturated/α-hetero) is 1. The smallest absolute Gasteiger partial charge is 0.253 e. The van der Waals surface area contributed by atoms with Crippen LogP contribution in [-0.4, -0.2) is 38.2 Å². The van der Waals surface area contributed by atoms with Crippen molar-refractivity contribution in [3.05, 3.63) is 46.8 Å². The number of carbonyl (C=O) groups is 1. The Labute approximate surface area is 144 Å². The van der Waals surface area contributed by atoms with E-state index >= 15 is 0 Å². The lowest BCUT2D eigenvalue weighted by molar-refractivity contribution is 0.102. The quantitative estimate of drug-likeness (QED) is 0.524. The Balaban J connectivity index is 1.78. The molecular formula is C17H18N4O2S. The van der Waals surface area contributed by atoms with Crippen LogP contribution in [0.15, 0.2) is 29.4 Å². The third kappa shape index (κ3) is 3.12. The van der Waals surface area contributed by atoms with Gasteiger partial charge in [-0.05, 0) is 38.5 Å². The summed E-state index contributed by atoms with van der Waals surface area (Å²) in [6.07, 6.45) is 0. The highest BCUT2D eigenvalue weighted by molar-refractivity contribution is 7.99. The molecule has 0 radical (unpaired) electrons. The van der Waals surface area contributed by atoms with Crippen molar-refractivity contribution in [3.8, 4) is 5.75 Å². The van der Waals surface area contributed by atoms with Gasteiger partial charge < -0.3 is 4.74 Å². The highest BCUT2D eigenvalue weighted by atomic mass is 32.2. The van der Waals surface area contributed by atoms with Gasteiger partial charge in [0.25, 0.3) is 5.78 Å². The van der Waals surface area contributed by atoms with Gasteiger partial charge in [-0.2, -0.15) is 4.98 Å². The number of fused-ring (bicyclic) bond motifs is 1. The van der Waals surface area contributed by atoms with E-state index in [4.69, 9.17) is 4.74 Å². The van der Waals surface area contributed by atoms with E-state index in [1.165, 1.54) is 11.8 Å². The summed E-state index contributed by atoms with van der Waals surface area (Å²) in [5.74, 6) is 1.50. The lowest BCUT2D eigenvalue weighted by atomic mass is 10.1. The molecule has 0 aliphatic heterocycles. The number of ketones is 1.